The van der Waals surface area contributed by atoms with E-state index in [0.29, 0.717) is 26.0 Å². The van der Waals surface area contributed by atoms with E-state index >= 15 is 0 Å². The topological polar surface area (TPSA) is 48.0 Å². The summed E-state index contributed by atoms with van der Waals surface area (Å²) in [5, 5.41) is 0. The van der Waals surface area contributed by atoms with Crippen molar-refractivity contribution in [3.63, 3.8) is 0 Å². The van der Waals surface area contributed by atoms with Crippen LogP contribution in [0.2, 0.25) is 0 Å². The number of aryl methyl sites for hydroxylation is 1. The van der Waals surface area contributed by atoms with E-state index in [0.717, 1.165) is 12.0 Å². The summed E-state index contributed by atoms with van der Waals surface area (Å²) in [5.74, 6) is -0.152. The summed E-state index contributed by atoms with van der Waals surface area (Å²) in [5.41, 5.74) is 0.780. The first-order valence-corrected chi connectivity index (χ1v) is 7.72. The molecule has 1 saturated heterocycles. The van der Waals surface area contributed by atoms with E-state index in [1.807, 2.05) is 4.90 Å². The van der Waals surface area contributed by atoms with Gasteiger partial charge in [0.05, 0.1) is 25.9 Å². The SMILES string of the molecule is COC[C@@H]1C[C@H](OC)CN1C(=O)CCc1ccc(OC)c(F)c1. The average Bonchev–Trinajstić information content (AvgIpc) is 2.96. The molecule has 1 fully saturated rings. The fourth-order valence-electron chi connectivity index (χ4n) is 2.96. The summed E-state index contributed by atoms with van der Waals surface area (Å²) in [6.07, 6.45) is 1.67. The molecule has 0 aliphatic carbocycles. The van der Waals surface area contributed by atoms with Gasteiger partial charge in [-0.15, -0.1) is 0 Å². The van der Waals surface area contributed by atoms with Crippen LogP contribution in [0.15, 0.2) is 18.2 Å². The molecule has 1 aliphatic rings. The minimum Gasteiger partial charge on any atom is -0.494 e. The zero-order valence-corrected chi connectivity index (χ0v) is 13.9. The van der Waals surface area contributed by atoms with Crippen LogP contribution >= 0.6 is 0 Å². The summed E-state index contributed by atoms with van der Waals surface area (Å²) in [6.45, 7) is 1.09. The van der Waals surface area contributed by atoms with Crippen molar-refractivity contribution in [2.75, 3.05) is 34.5 Å². The number of ether oxygens (including phenoxy) is 3. The lowest BCUT2D eigenvalue weighted by atomic mass is 10.1. The van der Waals surface area contributed by atoms with Crippen molar-refractivity contribution in [3.8, 4) is 5.75 Å². The minimum atomic E-state index is -0.407. The van der Waals surface area contributed by atoms with Gasteiger partial charge in [0.25, 0.3) is 0 Å². The number of methoxy groups -OCH3 is 3. The normalized spacial score (nSPS) is 20.8. The Labute approximate surface area is 136 Å². The Hall–Kier alpha value is -1.66. The Morgan fingerprint density at radius 3 is 2.74 bits per heavy atom. The van der Waals surface area contributed by atoms with E-state index in [1.165, 1.54) is 13.2 Å². The van der Waals surface area contributed by atoms with Crippen LogP contribution in [-0.2, 0) is 20.7 Å². The third-order valence-corrected chi connectivity index (χ3v) is 4.23. The smallest absolute Gasteiger partial charge is 0.223 e. The van der Waals surface area contributed by atoms with Gasteiger partial charge < -0.3 is 19.1 Å². The second-order valence-electron chi connectivity index (χ2n) is 5.72. The summed E-state index contributed by atoms with van der Waals surface area (Å²) in [7, 11) is 4.71. The number of carbonyl (C=O) groups excluding carboxylic acids is 1. The van der Waals surface area contributed by atoms with Crippen molar-refractivity contribution in [1.29, 1.82) is 0 Å². The first kappa shape index (κ1) is 17.7. The standard InChI is InChI=1S/C17H24FNO4/c1-21-11-13-9-14(22-2)10-19(13)17(20)7-5-12-4-6-16(23-3)15(18)8-12/h4,6,8,13-14H,5,7,9-11H2,1-3H3/t13-,14-/m0/s1. The molecule has 1 heterocycles. The third kappa shape index (κ3) is 4.42. The lowest BCUT2D eigenvalue weighted by Crippen LogP contribution is -2.38. The number of nitrogens with zero attached hydrogens (tertiary/aromatic N) is 1. The Morgan fingerprint density at radius 1 is 1.35 bits per heavy atom. The van der Waals surface area contributed by atoms with Gasteiger partial charge in [0, 0.05) is 27.2 Å². The van der Waals surface area contributed by atoms with Crippen LogP contribution in [0, 0.1) is 5.82 Å². The Balaban J connectivity index is 1.94. The number of likely N-dealkylation sites (tertiary alicyclic amines) is 1. The van der Waals surface area contributed by atoms with Crippen molar-refractivity contribution in [3.05, 3.63) is 29.6 Å². The zero-order chi connectivity index (χ0) is 16.8. The number of hydrogen-bond donors (Lipinski definition) is 0. The second-order valence-corrected chi connectivity index (χ2v) is 5.72. The van der Waals surface area contributed by atoms with Crippen LogP contribution in [0.25, 0.3) is 0 Å². The molecular weight excluding hydrogens is 301 g/mol. The molecule has 0 aromatic heterocycles. The third-order valence-electron chi connectivity index (χ3n) is 4.23. The van der Waals surface area contributed by atoms with Gasteiger partial charge in [-0.2, -0.15) is 0 Å². The van der Waals surface area contributed by atoms with Crippen molar-refractivity contribution in [2.45, 2.75) is 31.4 Å². The van der Waals surface area contributed by atoms with E-state index in [9.17, 15) is 9.18 Å². The zero-order valence-electron chi connectivity index (χ0n) is 13.9. The number of amides is 1. The van der Waals surface area contributed by atoms with Crippen LogP contribution in [0.4, 0.5) is 4.39 Å². The molecule has 23 heavy (non-hydrogen) atoms. The summed E-state index contributed by atoms with van der Waals surface area (Å²) >= 11 is 0. The molecule has 1 amide bonds. The Bertz CT molecular complexity index is 537. The van der Waals surface area contributed by atoms with Gasteiger partial charge in [-0.1, -0.05) is 6.07 Å². The number of hydrogen-bond acceptors (Lipinski definition) is 4. The van der Waals surface area contributed by atoms with Gasteiger partial charge in [0.2, 0.25) is 5.91 Å². The summed E-state index contributed by atoms with van der Waals surface area (Å²) in [4.78, 5) is 14.3. The molecule has 0 saturated carbocycles. The van der Waals surface area contributed by atoms with Crippen molar-refractivity contribution >= 4 is 5.91 Å². The van der Waals surface area contributed by atoms with Crippen LogP contribution in [0.5, 0.6) is 5.75 Å². The van der Waals surface area contributed by atoms with Crippen molar-refractivity contribution in [1.82, 2.24) is 4.90 Å². The molecule has 0 unspecified atom stereocenters. The van der Waals surface area contributed by atoms with Gasteiger partial charge in [-0.25, -0.2) is 4.39 Å². The number of benzene rings is 1. The molecule has 0 spiro atoms. The van der Waals surface area contributed by atoms with E-state index in [1.54, 1.807) is 26.4 Å². The maximum absolute atomic E-state index is 13.7. The van der Waals surface area contributed by atoms with Crippen LogP contribution in [-0.4, -0.2) is 57.4 Å². The van der Waals surface area contributed by atoms with E-state index < -0.39 is 5.82 Å². The second kappa shape index (κ2) is 8.26. The van der Waals surface area contributed by atoms with Crippen molar-refractivity contribution < 1.29 is 23.4 Å². The van der Waals surface area contributed by atoms with Gasteiger partial charge in [-0.05, 0) is 30.5 Å². The fourth-order valence-corrected chi connectivity index (χ4v) is 2.96. The average molecular weight is 325 g/mol. The van der Waals surface area contributed by atoms with Crippen LogP contribution in [0.3, 0.4) is 0 Å². The maximum atomic E-state index is 13.7. The molecule has 5 nitrogen and oxygen atoms in total. The molecule has 2 atom stereocenters. The lowest BCUT2D eigenvalue weighted by Gasteiger charge is -2.23. The predicted molar refractivity (Wildman–Crippen MR) is 84.1 cm³/mol. The first-order valence-electron chi connectivity index (χ1n) is 7.72. The molecule has 1 aromatic carbocycles. The highest BCUT2D eigenvalue weighted by atomic mass is 19.1. The van der Waals surface area contributed by atoms with Gasteiger partial charge in [-0.3, -0.25) is 4.79 Å². The van der Waals surface area contributed by atoms with E-state index in [4.69, 9.17) is 14.2 Å². The molecule has 1 aromatic rings. The quantitative estimate of drug-likeness (QED) is 0.770. The van der Waals surface area contributed by atoms with Crippen molar-refractivity contribution in [2.24, 2.45) is 0 Å². The van der Waals surface area contributed by atoms with Crippen LogP contribution in [0.1, 0.15) is 18.4 Å². The van der Waals surface area contributed by atoms with Crippen LogP contribution < -0.4 is 4.74 Å². The monoisotopic (exact) mass is 325 g/mol. The molecular formula is C17H24FNO4. The van der Waals surface area contributed by atoms with E-state index in [-0.39, 0.29) is 23.8 Å². The van der Waals surface area contributed by atoms with Gasteiger partial charge in [0.1, 0.15) is 0 Å². The number of rotatable bonds is 7. The highest BCUT2D eigenvalue weighted by molar-refractivity contribution is 5.77. The first-order chi connectivity index (χ1) is 11.1. The molecule has 0 bridgehead atoms. The van der Waals surface area contributed by atoms with E-state index in [2.05, 4.69) is 0 Å². The number of halogens is 1. The summed E-state index contributed by atoms with van der Waals surface area (Å²) < 4.78 is 29.1. The maximum Gasteiger partial charge on any atom is 0.223 e. The highest BCUT2D eigenvalue weighted by Crippen LogP contribution is 2.23. The molecule has 6 heteroatoms. The molecule has 0 N–H and O–H groups in total. The highest BCUT2D eigenvalue weighted by Gasteiger charge is 2.34. The van der Waals surface area contributed by atoms with Gasteiger partial charge in [0.15, 0.2) is 11.6 Å². The Morgan fingerprint density at radius 2 is 2.13 bits per heavy atom. The largest absolute Gasteiger partial charge is 0.494 e. The molecule has 1 aliphatic heterocycles. The minimum absolute atomic E-state index is 0.0443. The molecule has 2 rings (SSSR count). The Kier molecular flexibility index (Phi) is 6.36. The molecule has 0 radical (unpaired) electrons. The lowest BCUT2D eigenvalue weighted by molar-refractivity contribution is -0.133. The van der Waals surface area contributed by atoms with Gasteiger partial charge >= 0.3 is 0 Å². The fraction of sp³-hybridized carbons (Fsp3) is 0.588. The predicted octanol–water partition coefficient (Wildman–Crippen LogP) is 2.03. The number of carbonyl (C=O) groups is 1. The molecule has 128 valence electrons. The summed E-state index contributed by atoms with van der Waals surface area (Å²) in [6, 6.07) is 4.83.